The van der Waals surface area contributed by atoms with Crippen LogP contribution >= 0.6 is 11.8 Å². The van der Waals surface area contributed by atoms with Gasteiger partial charge in [0.2, 0.25) is 0 Å². The van der Waals surface area contributed by atoms with Gasteiger partial charge in [0.15, 0.2) is 0 Å². The molecule has 0 radical (unpaired) electrons. The van der Waals surface area contributed by atoms with Gasteiger partial charge in [-0.1, -0.05) is 30.7 Å². The molecular weight excluding hydrogens is 276 g/mol. The number of aromatic nitrogens is 1. The van der Waals surface area contributed by atoms with Crippen molar-refractivity contribution in [3.05, 3.63) is 59.4 Å². The number of nitrogens with one attached hydrogen (secondary N) is 1. The fourth-order valence-electron chi connectivity index (χ4n) is 2.17. The first-order valence-electron chi connectivity index (χ1n) is 7.53. The highest BCUT2D eigenvalue weighted by Crippen LogP contribution is 2.25. The Kier molecular flexibility index (Phi) is 6.27. The van der Waals surface area contributed by atoms with Crippen molar-refractivity contribution in [1.29, 1.82) is 0 Å². The maximum atomic E-state index is 4.33. The minimum atomic E-state index is 0.351. The van der Waals surface area contributed by atoms with E-state index in [-0.39, 0.29) is 0 Å². The molecule has 2 rings (SSSR count). The summed E-state index contributed by atoms with van der Waals surface area (Å²) in [4.78, 5) is 5.65. The minimum absolute atomic E-state index is 0.351. The van der Waals surface area contributed by atoms with Crippen molar-refractivity contribution in [1.82, 2.24) is 10.3 Å². The second kappa shape index (κ2) is 8.20. The van der Waals surface area contributed by atoms with Crippen LogP contribution in [0.15, 0.2) is 47.6 Å². The average Bonchev–Trinajstić information content (AvgIpc) is 2.49. The first-order valence-corrected chi connectivity index (χ1v) is 8.52. The summed E-state index contributed by atoms with van der Waals surface area (Å²) in [5, 5.41) is 3.63. The summed E-state index contributed by atoms with van der Waals surface area (Å²) in [5.41, 5.74) is 3.81. The molecule has 1 unspecified atom stereocenters. The summed E-state index contributed by atoms with van der Waals surface area (Å²) in [6.07, 6.45) is 5.04. The summed E-state index contributed by atoms with van der Waals surface area (Å²) in [5.74, 6) is 1.02. The summed E-state index contributed by atoms with van der Waals surface area (Å²) < 4.78 is 0. The summed E-state index contributed by atoms with van der Waals surface area (Å²) >= 11 is 1.90. The predicted octanol–water partition coefficient (Wildman–Crippen LogP) is 4.53. The van der Waals surface area contributed by atoms with Gasteiger partial charge in [0.05, 0.1) is 0 Å². The monoisotopic (exact) mass is 300 g/mol. The van der Waals surface area contributed by atoms with Crippen LogP contribution in [0.5, 0.6) is 0 Å². The van der Waals surface area contributed by atoms with E-state index >= 15 is 0 Å². The Bertz CT molecular complexity index is 551. The van der Waals surface area contributed by atoms with Gasteiger partial charge < -0.3 is 5.32 Å². The van der Waals surface area contributed by atoms with E-state index in [4.69, 9.17) is 0 Å². The normalized spacial score (nSPS) is 12.3. The Morgan fingerprint density at radius 1 is 1.10 bits per heavy atom. The van der Waals surface area contributed by atoms with Crippen LogP contribution in [0.4, 0.5) is 0 Å². The maximum Gasteiger partial charge on any atom is 0.0430 e. The Morgan fingerprint density at radius 2 is 1.86 bits per heavy atom. The van der Waals surface area contributed by atoms with Crippen molar-refractivity contribution < 1.29 is 0 Å². The Morgan fingerprint density at radius 3 is 2.52 bits per heavy atom. The van der Waals surface area contributed by atoms with Gasteiger partial charge in [-0.15, -0.1) is 11.8 Å². The molecule has 0 saturated heterocycles. The van der Waals surface area contributed by atoms with Crippen molar-refractivity contribution >= 4 is 11.8 Å². The van der Waals surface area contributed by atoms with Crippen molar-refractivity contribution in [3.8, 4) is 0 Å². The third kappa shape index (κ3) is 5.18. The van der Waals surface area contributed by atoms with E-state index in [0.717, 1.165) is 18.7 Å². The van der Waals surface area contributed by atoms with Gasteiger partial charge in [-0.3, -0.25) is 4.98 Å². The number of benzene rings is 1. The van der Waals surface area contributed by atoms with Crippen LogP contribution in [0.25, 0.3) is 0 Å². The molecule has 21 heavy (non-hydrogen) atoms. The Balaban J connectivity index is 2.04. The Hall–Kier alpha value is -1.32. The molecule has 0 aliphatic carbocycles. The first-order chi connectivity index (χ1) is 10.2. The number of aryl methyl sites for hydroxylation is 2. The van der Waals surface area contributed by atoms with Gasteiger partial charge in [0.1, 0.15) is 0 Å². The Labute approximate surface area is 132 Å². The number of thioether (sulfide) groups is 1. The molecule has 0 aliphatic rings. The molecule has 0 aliphatic heterocycles. The van der Waals surface area contributed by atoms with Crippen LogP contribution in [-0.2, 0) is 0 Å². The van der Waals surface area contributed by atoms with Gasteiger partial charge in [0.25, 0.3) is 0 Å². The van der Waals surface area contributed by atoms with Gasteiger partial charge >= 0.3 is 0 Å². The summed E-state index contributed by atoms with van der Waals surface area (Å²) in [7, 11) is 0. The van der Waals surface area contributed by atoms with Crippen LogP contribution < -0.4 is 5.32 Å². The highest BCUT2D eigenvalue weighted by molar-refractivity contribution is 7.99. The van der Waals surface area contributed by atoms with Gasteiger partial charge in [-0.2, -0.15) is 0 Å². The van der Waals surface area contributed by atoms with Crippen molar-refractivity contribution in [2.75, 3.05) is 12.3 Å². The van der Waals surface area contributed by atoms with E-state index in [1.54, 1.807) is 0 Å². The summed E-state index contributed by atoms with van der Waals surface area (Å²) in [6.45, 7) is 7.46. The van der Waals surface area contributed by atoms with Gasteiger partial charge in [-0.05, 0) is 50.1 Å². The van der Waals surface area contributed by atoms with E-state index in [0.29, 0.717) is 6.04 Å². The number of pyridine rings is 1. The second-order valence-corrected chi connectivity index (χ2v) is 6.52. The molecule has 1 heterocycles. The molecule has 0 saturated carbocycles. The van der Waals surface area contributed by atoms with E-state index in [9.17, 15) is 0 Å². The standard InChI is InChI=1S/C18H24N2S/c1-4-9-20-18(16-10-15(3)11-19-12-16)13-21-17-7-5-14(2)6-8-17/h5-8,10-12,18,20H,4,9,13H2,1-3H3. The lowest BCUT2D eigenvalue weighted by Gasteiger charge is -2.19. The molecule has 0 fully saturated rings. The lowest BCUT2D eigenvalue weighted by Crippen LogP contribution is -2.24. The van der Waals surface area contributed by atoms with Crippen molar-refractivity contribution in [2.24, 2.45) is 0 Å². The maximum absolute atomic E-state index is 4.33. The lowest BCUT2D eigenvalue weighted by molar-refractivity contribution is 0.575. The van der Waals surface area contributed by atoms with Crippen LogP contribution in [0.1, 0.15) is 36.1 Å². The number of hydrogen-bond acceptors (Lipinski definition) is 3. The molecule has 1 aromatic carbocycles. The number of rotatable bonds is 7. The van der Waals surface area contributed by atoms with E-state index in [1.165, 1.54) is 21.6 Å². The fraction of sp³-hybridized carbons (Fsp3) is 0.389. The van der Waals surface area contributed by atoms with Crippen molar-refractivity contribution in [2.45, 2.75) is 38.1 Å². The molecule has 2 nitrogen and oxygen atoms in total. The quantitative estimate of drug-likeness (QED) is 0.760. The molecule has 112 valence electrons. The number of nitrogens with zero attached hydrogens (tertiary/aromatic N) is 1. The number of hydrogen-bond donors (Lipinski definition) is 1. The molecule has 1 N–H and O–H groups in total. The molecule has 0 spiro atoms. The third-order valence-corrected chi connectivity index (χ3v) is 4.48. The highest BCUT2D eigenvalue weighted by atomic mass is 32.2. The molecule has 0 bridgehead atoms. The zero-order valence-corrected chi connectivity index (χ0v) is 13.9. The van der Waals surface area contributed by atoms with Gasteiger partial charge in [-0.25, -0.2) is 0 Å². The smallest absolute Gasteiger partial charge is 0.0430 e. The predicted molar refractivity (Wildman–Crippen MR) is 91.9 cm³/mol. The van der Waals surface area contributed by atoms with E-state index < -0.39 is 0 Å². The highest BCUT2D eigenvalue weighted by Gasteiger charge is 2.11. The van der Waals surface area contributed by atoms with Crippen molar-refractivity contribution in [3.63, 3.8) is 0 Å². The molecule has 1 atom stereocenters. The minimum Gasteiger partial charge on any atom is -0.309 e. The largest absolute Gasteiger partial charge is 0.309 e. The third-order valence-electron chi connectivity index (χ3n) is 3.38. The summed E-state index contributed by atoms with van der Waals surface area (Å²) in [6, 6.07) is 11.3. The van der Waals surface area contributed by atoms with E-state index in [2.05, 4.69) is 61.4 Å². The average molecular weight is 300 g/mol. The van der Waals surface area contributed by atoms with Crippen LogP contribution in [0.3, 0.4) is 0 Å². The van der Waals surface area contributed by atoms with Crippen LogP contribution in [0.2, 0.25) is 0 Å². The van der Waals surface area contributed by atoms with E-state index in [1.807, 2.05) is 24.2 Å². The van der Waals surface area contributed by atoms with Crippen LogP contribution in [0, 0.1) is 13.8 Å². The first kappa shape index (κ1) is 16.1. The van der Waals surface area contributed by atoms with Gasteiger partial charge in [0, 0.05) is 29.1 Å². The molecule has 2 aromatic rings. The molecule has 0 amide bonds. The molecule has 3 heteroatoms. The zero-order valence-electron chi connectivity index (χ0n) is 13.1. The molecule has 1 aromatic heterocycles. The zero-order chi connectivity index (χ0) is 15.1. The molecular formula is C18H24N2S. The second-order valence-electron chi connectivity index (χ2n) is 5.43. The lowest BCUT2D eigenvalue weighted by atomic mass is 10.1. The fourth-order valence-corrected chi connectivity index (χ4v) is 3.17. The SMILES string of the molecule is CCCNC(CSc1ccc(C)cc1)c1cncc(C)c1. The topological polar surface area (TPSA) is 24.9 Å². The van der Waals surface area contributed by atoms with Crippen LogP contribution in [-0.4, -0.2) is 17.3 Å².